The number of benzene rings is 1. The minimum absolute atomic E-state index is 0.0550. The number of hydrogen-bond donors (Lipinski definition) is 1. The summed E-state index contributed by atoms with van der Waals surface area (Å²) >= 11 is 1.64. The Morgan fingerprint density at radius 3 is 2.56 bits per heavy atom. The molecule has 3 rings (SSSR count). The van der Waals surface area contributed by atoms with Gasteiger partial charge >= 0.3 is 0 Å². The van der Waals surface area contributed by atoms with Crippen LogP contribution in [0.1, 0.15) is 24.2 Å². The number of aromatic nitrogens is 1. The number of anilines is 2. The summed E-state index contributed by atoms with van der Waals surface area (Å²) in [5, 5.41) is 5.91. The number of Topliss-reactive ketones (excluding diaryl/α,β-unsaturated/α-hetero) is 1. The van der Waals surface area contributed by atoms with Gasteiger partial charge in [0.1, 0.15) is 0 Å². The first kappa shape index (κ1) is 17.6. The van der Waals surface area contributed by atoms with Crippen LogP contribution in [0.15, 0.2) is 35.8 Å². The van der Waals surface area contributed by atoms with Gasteiger partial charge in [-0.25, -0.2) is 4.98 Å². The number of carbonyl (C=O) groups is 2. The molecule has 1 aliphatic heterocycles. The minimum Gasteiger partial charge on any atom is -0.346 e. The minimum atomic E-state index is -0.251. The smallest absolute Gasteiger partial charge is 0.241 e. The van der Waals surface area contributed by atoms with E-state index >= 15 is 0 Å². The Kier molecular flexibility index (Phi) is 5.45. The fourth-order valence-corrected chi connectivity index (χ4v) is 3.67. The molecule has 132 valence electrons. The van der Waals surface area contributed by atoms with E-state index in [9.17, 15) is 9.59 Å². The van der Waals surface area contributed by atoms with Crippen molar-refractivity contribution in [2.45, 2.75) is 19.9 Å². The van der Waals surface area contributed by atoms with Crippen molar-refractivity contribution in [1.82, 2.24) is 9.88 Å². The van der Waals surface area contributed by atoms with Crippen LogP contribution in [0.4, 0.5) is 10.8 Å². The largest absolute Gasteiger partial charge is 0.346 e. The molecule has 25 heavy (non-hydrogen) atoms. The Bertz CT molecular complexity index is 739. The maximum atomic E-state index is 12.6. The van der Waals surface area contributed by atoms with Gasteiger partial charge in [0.05, 0.1) is 11.7 Å². The summed E-state index contributed by atoms with van der Waals surface area (Å²) in [7, 11) is 0. The van der Waals surface area contributed by atoms with Crippen LogP contribution in [0.25, 0.3) is 0 Å². The van der Waals surface area contributed by atoms with Gasteiger partial charge < -0.3 is 10.2 Å². The molecule has 1 atom stereocenters. The summed E-state index contributed by atoms with van der Waals surface area (Å²) in [4.78, 5) is 33.1. The Morgan fingerprint density at radius 2 is 1.92 bits per heavy atom. The molecule has 7 heteroatoms. The van der Waals surface area contributed by atoms with Crippen LogP contribution >= 0.6 is 11.3 Å². The van der Waals surface area contributed by atoms with Crippen LogP contribution in [-0.4, -0.2) is 53.8 Å². The second-order valence-corrected chi connectivity index (χ2v) is 6.98. The van der Waals surface area contributed by atoms with Crippen LogP contribution in [0.3, 0.4) is 0 Å². The summed E-state index contributed by atoms with van der Waals surface area (Å²) in [6.07, 6.45) is 1.81. The lowest BCUT2D eigenvalue weighted by atomic mass is 10.1. The molecule has 2 aromatic rings. The van der Waals surface area contributed by atoms with Gasteiger partial charge in [-0.05, 0) is 26.0 Å². The number of rotatable bonds is 5. The lowest BCUT2D eigenvalue weighted by Gasteiger charge is -2.37. The molecule has 1 saturated heterocycles. The van der Waals surface area contributed by atoms with E-state index in [1.54, 1.807) is 29.5 Å². The van der Waals surface area contributed by atoms with E-state index in [1.165, 1.54) is 6.92 Å². The zero-order valence-electron chi connectivity index (χ0n) is 14.4. The Morgan fingerprint density at radius 1 is 1.20 bits per heavy atom. The van der Waals surface area contributed by atoms with Gasteiger partial charge in [0, 0.05) is 43.3 Å². The molecule has 0 unspecified atom stereocenters. The average Bonchev–Trinajstić information content (AvgIpc) is 3.16. The summed E-state index contributed by atoms with van der Waals surface area (Å²) in [5.41, 5.74) is 1.12. The highest BCUT2D eigenvalue weighted by Gasteiger charge is 2.26. The van der Waals surface area contributed by atoms with Gasteiger partial charge in [-0.3, -0.25) is 14.5 Å². The first-order valence-electron chi connectivity index (χ1n) is 8.35. The first-order chi connectivity index (χ1) is 12.1. The van der Waals surface area contributed by atoms with E-state index in [2.05, 4.69) is 20.1 Å². The topological polar surface area (TPSA) is 65.5 Å². The summed E-state index contributed by atoms with van der Waals surface area (Å²) in [5.74, 6) is -0.142. The molecule has 0 bridgehead atoms. The van der Waals surface area contributed by atoms with Gasteiger partial charge in [0.25, 0.3) is 0 Å². The number of nitrogens with zero attached hydrogens (tertiary/aromatic N) is 3. The van der Waals surface area contributed by atoms with E-state index in [4.69, 9.17) is 0 Å². The molecule has 0 radical (unpaired) electrons. The van der Waals surface area contributed by atoms with Crippen molar-refractivity contribution < 1.29 is 9.59 Å². The van der Waals surface area contributed by atoms with Crippen molar-refractivity contribution in [2.75, 3.05) is 36.4 Å². The average molecular weight is 358 g/mol. The van der Waals surface area contributed by atoms with Crippen molar-refractivity contribution in [3.05, 3.63) is 41.4 Å². The van der Waals surface area contributed by atoms with E-state index in [-0.39, 0.29) is 17.7 Å². The van der Waals surface area contributed by atoms with Crippen molar-refractivity contribution in [2.24, 2.45) is 0 Å². The maximum absolute atomic E-state index is 12.6. The monoisotopic (exact) mass is 358 g/mol. The molecule has 0 aliphatic carbocycles. The SMILES string of the molecule is CC(=O)c1ccccc1NC(=O)[C@H](C)N1CCN(c2nccs2)CC1. The number of thiazole rings is 1. The van der Waals surface area contributed by atoms with E-state index in [1.807, 2.05) is 24.6 Å². The maximum Gasteiger partial charge on any atom is 0.241 e. The molecule has 1 amide bonds. The zero-order chi connectivity index (χ0) is 17.8. The third-order valence-electron chi connectivity index (χ3n) is 4.50. The molecule has 6 nitrogen and oxygen atoms in total. The molecular formula is C18H22N4O2S. The fraction of sp³-hybridized carbons (Fsp3) is 0.389. The predicted molar refractivity (Wildman–Crippen MR) is 100 cm³/mol. The molecule has 0 spiro atoms. The molecular weight excluding hydrogens is 336 g/mol. The number of nitrogens with one attached hydrogen (secondary N) is 1. The molecule has 1 aromatic heterocycles. The summed E-state index contributed by atoms with van der Waals surface area (Å²) in [6, 6.07) is 6.86. The highest BCUT2D eigenvalue weighted by Crippen LogP contribution is 2.20. The quantitative estimate of drug-likeness (QED) is 0.832. The molecule has 1 aromatic carbocycles. The third kappa shape index (κ3) is 4.05. The summed E-state index contributed by atoms with van der Waals surface area (Å²) in [6.45, 7) is 6.74. The number of piperazine rings is 1. The normalized spacial score (nSPS) is 16.5. The second kappa shape index (κ2) is 7.76. The number of para-hydroxylation sites is 1. The Labute approximate surface area is 151 Å². The predicted octanol–water partition coefficient (Wildman–Crippen LogP) is 2.49. The molecule has 2 heterocycles. The van der Waals surface area contributed by atoms with Crippen molar-refractivity contribution in [3.8, 4) is 0 Å². The standard InChI is InChI=1S/C18H22N4O2S/c1-13(17(24)20-16-6-4-3-5-15(16)14(2)23)21-8-10-22(11-9-21)18-19-7-12-25-18/h3-7,12-13H,8-11H2,1-2H3,(H,20,24)/t13-/m0/s1. The molecule has 1 fully saturated rings. The van der Waals surface area contributed by atoms with Gasteiger partial charge in [-0.15, -0.1) is 11.3 Å². The lowest BCUT2D eigenvalue weighted by Crippen LogP contribution is -2.52. The van der Waals surface area contributed by atoms with Crippen LogP contribution in [0, 0.1) is 0 Å². The van der Waals surface area contributed by atoms with E-state index < -0.39 is 0 Å². The highest BCUT2D eigenvalue weighted by atomic mass is 32.1. The zero-order valence-corrected chi connectivity index (χ0v) is 15.3. The molecule has 1 N–H and O–H groups in total. The van der Waals surface area contributed by atoms with Gasteiger partial charge in [0.15, 0.2) is 10.9 Å². The highest BCUT2D eigenvalue weighted by molar-refractivity contribution is 7.13. The van der Waals surface area contributed by atoms with E-state index in [0.29, 0.717) is 11.3 Å². The van der Waals surface area contributed by atoms with Crippen molar-refractivity contribution in [1.29, 1.82) is 0 Å². The second-order valence-electron chi connectivity index (χ2n) is 6.10. The van der Waals surface area contributed by atoms with Crippen LogP contribution < -0.4 is 10.2 Å². The number of carbonyl (C=O) groups excluding carboxylic acids is 2. The summed E-state index contributed by atoms with van der Waals surface area (Å²) < 4.78 is 0. The Balaban J connectivity index is 1.59. The van der Waals surface area contributed by atoms with Crippen LogP contribution in [-0.2, 0) is 4.79 Å². The number of hydrogen-bond acceptors (Lipinski definition) is 6. The van der Waals surface area contributed by atoms with E-state index in [0.717, 1.165) is 31.3 Å². The van der Waals surface area contributed by atoms with Gasteiger partial charge in [0.2, 0.25) is 5.91 Å². The lowest BCUT2D eigenvalue weighted by molar-refractivity contribution is -0.120. The number of ketones is 1. The number of amides is 1. The first-order valence-corrected chi connectivity index (χ1v) is 9.23. The third-order valence-corrected chi connectivity index (χ3v) is 5.33. The Hall–Kier alpha value is -2.25. The van der Waals surface area contributed by atoms with Gasteiger partial charge in [-0.1, -0.05) is 12.1 Å². The van der Waals surface area contributed by atoms with Crippen LogP contribution in [0.5, 0.6) is 0 Å². The van der Waals surface area contributed by atoms with Crippen LogP contribution in [0.2, 0.25) is 0 Å². The van der Waals surface area contributed by atoms with Crippen molar-refractivity contribution >= 4 is 33.8 Å². The van der Waals surface area contributed by atoms with Gasteiger partial charge in [-0.2, -0.15) is 0 Å². The molecule has 1 aliphatic rings. The van der Waals surface area contributed by atoms with Crippen molar-refractivity contribution in [3.63, 3.8) is 0 Å². The molecule has 0 saturated carbocycles. The fourth-order valence-electron chi connectivity index (χ4n) is 2.97.